The molecular formula is C10H5N5. The second kappa shape index (κ2) is 3.60. The van der Waals surface area contributed by atoms with Gasteiger partial charge in [0.1, 0.15) is 12.1 Å². The highest BCUT2D eigenvalue weighted by molar-refractivity contribution is 5.47. The molecule has 0 aliphatic carbocycles. The molecule has 5 nitrogen and oxygen atoms in total. The van der Waals surface area contributed by atoms with Crippen molar-refractivity contribution in [3.8, 4) is 18.0 Å². The SMILES string of the molecule is N#Cc1cnc(-n2cccn2)c(C#N)c1. The van der Waals surface area contributed by atoms with E-state index in [1.807, 2.05) is 12.1 Å². The van der Waals surface area contributed by atoms with Gasteiger partial charge in [-0.3, -0.25) is 0 Å². The third kappa shape index (κ3) is 1.54. The second-order valence-electron chi connectivity index (χ2n) is 2.77. The average Bonchev–Trinajstić information content (AvgIpc) is 2.81. The van der Waals surface area contributed by atoms with Gasteiger partial charge in [0, 0.05) is 18.6 Å². The zero-order valence-corrected chi connectivity index (χ0v) is 7.62. The predicted molar refractivity (Wildman–Crippen MR) is 50.8 cm³/mol. The first-order valence-corrected chi connectivity index (χ1v) is 4.15. The van der Waals surface area contributed by atoms with Gasteiger partial charge in [0.05, 0.1) is 11.1 Å². The smallest absolute Gasteiger partial charge is 0.171 e. The summed E-state index contributed by atoms with van der Waals surface area (Å²) in [5.74, 6) is 0.432. The maximum Gasteiger partial charge on any atom is 0.171 e. The number of hydrogen-bond acceptors (Lipinski definition) is 4. The van der Waals surface area contributed by atoms with E-state index in [0.29, 0.717) is 16.9 Å². The quantitative estimate of drug-likeness (QED) is 0.680. The molecule has 0 amide bonds. The Hall–Kier alpha value is -2.66. The van der Waals surface area contributed by atoms with Crippen LogP contribution in [0.2, 0.25) is 0 Å². The zero-order valence-electron chi connectivity index (χ0n) is 7.62. The molecule has 2 rings (SSSR count). The highest BCUT2D eigenvalue weighted by Crippen LogP contribution is 2.10. The van der Waals surface area contributed by atoms with Crippen LogP contribution in [0.3, 0.4) is 0 Å². The molecule has 0 bridgehead atoms. The molecule has 2 aromatic rings. The van der Waals surface area contributed by atoms with E-state index >= 15 is 0 Å². The van der Waals surface area contributed by atoms with Crippen LogP contribution >= 0.6 is 0 Å². The number of nitrogens with zero attached hydrogens (tertiary/aromatic N) is 5. The van der Waals surface area contributed by atoms with E-state index in [-0.39, 0.29) is 0 Å². The van der Waals surface area contributed by atoms with E-state index in [4.69, 9.17) is 10.5 Å². The fraction of sp³-hybridized carbons (Fsp3) is 0. The first kappa shape index (κ1) is 8.92. The molecule has 0 N–H and O–H groups in total. The van der Waals surface area contributed by atoms with Gasteiger partial charge in [-0.1, -0.05) is 0 Å². The van der Waals surface area contributed by atoms with Crippen molar-refractivity contribution in [2.75, 3.05) is 0 Å². The van der Waals surface area contributed by atoms with Crippen molar-refractivity contribution >= 4 is 0 Å². The van der Waals surface area contributed by atoms with Crippen molar-refractivity contribution in [2.24, 2.45) is 0 Å². The molecule has 0 spiro atoms. The number of aromatic nitrogens is 3. The minimum absolute atomic E-state index is 0.331. The fourth-order valence-electron chi connectivity index (χ4n) is 1.18. The van der Waals surface area contributed by atoms with Crippen LogP contribution in [0.5, 0.6) is 0 Å². The van der Waals surface area contributed by atoms with Crippen molar-refractivity contribution < 1.29 is 0 Å². The van der Waals surface area contributed by atoms with Crippen molar-refractivity contribution in [2.45, 2.75) is 0 Å². The zero-order chi connectivity index (χ0) is 10.7. The van der Waals surface area contributed by atoms with Crippen LogP contribution < -0.4 is 0 Å². The second-order valence-corrected chi connectivity index (χ2v) is 2.77. The van der Waals surface area contributed by atoms with E-state index in [1.54, 1.807) is 18.5 Å². The Bertz CT molecular complexity index is 556. The van der Waals surface area contributed by atoms with Crippen molar-refractivity contribution in [3.63, 3.8) is 0 Å². The van der Waals surface area contributed by atoms with Gasteiger partial charge in [0.25, 0.3) is 0 Å². The monoisotopic (exact) mass is 195 g/mol. The topological polar surface area (TPSA) is 78.3 Å². The molecule has 2 heterocycles. The highest BCUT2D eigenvalue weighted by atomic mass is 15.3. The van der Waals surface area contributed by atoms with Crippen LogP contribution in [0.25, 0.3) is 5.82 Å². The van der Waals surface area contributed by atoms with E-state index in [2.05, 4.69) is 10.1 Å². The number of nitriles is 2. The first-order valence-electron chi connectivity index (χ1n) is 4.15. The van der Waals surface area contributed by atoms with Crippen molar-refractivity contribution in [1.29, 1.82) is 10.5 Å². The lowest BCUT2D eigenvalue weighted by Gasteiger charge is -2.01. The first-order chi connectivity index (χ1) is 7.35. The van der Waals surface area contributed by atoms with E-state index in [0.717, 1.165) is 0 Å². The molecule has 0 aromatic carbocycles. The van der Waals surface area contributed by atoms with Gasteiger partial charge in [-0.2, -0.15) is 15.6 Å². The molecule has 0 atom stereocenters. The molecule has 0 aliphatic heterocycles. The predicted octanol–water partition coefficient (Wildman–Crippen LogP) is 1.01. The molecule has 70 valence electrons. The van der Waals surface area contributed by atoms with Crippen molar-refractivity contribution in [3.05, 3.63) is 41.9 Å². The lowest BCUT2D eigenvalue weighted by molar-refractivity contribution is 0.842. The molecule has 0 unspecified atom stereocenters. The normalized spacial score (nSPS) is 9.20. The molecular weight excluding hydrogens is 190 g/mol. The molecule has 15 heavy (non-hydrogen) atoms. The van der Waals surface area contributed by atoms with Crippen LogP contribution in [-0.4, -0.2) is 14.8 Å². The Labute approximate surface area is 85.8 Å². The van der Waals surface area contributed by atoms with Crippen LogP contribution in [0, 0.1) is 22.7 Å². The third-order valence-corrected chi connectivity index (χ3v) is 1.84. The Balaban J connectivity index is 2.60. The maximum absolute atomic E-state index is 8.90. The number of hydrogen-bond donors (Lipinski definition) is 0. The lowest BCUT2D eigenvalue weighted by Crippen LogP contribution is -2.01. The minimum Gasteiger partial charge on any atom is -0.235 e. The molecule has 0 saturated carbocycles. The number of rotatable bonds is 1. The van der Waals surface area contributed by atoms with Crippen LogP contribution in [0.4, 0.5) is 0 Å². The van der Waals surface area contributed by atoms with Crippen LogP contribution in [0.15, 0.2) is 30.7 Å². The average molecular weight is 195 g/mol. The van der Waals surface area contributed by atoms with Gasteiger partial charge in [-0.15, -0.1) is 0 Å². The minimum atomic E-state index is 0.331. The summed E-state index contributed by atoms with van der Waals surface area (Å²) in [6.45, 7) is 0. The van der Waals surface area contributed by atoms with E-state index in [9.17, 15) is 0 Å². The van der Waals surface area contributed by atoms with Crippen LogP contribution in [0.1, 0.15) is 11.1 Å². The van der Waals surface area contributed by atoms with E-state index in [1.165, 1.54) is 16.9 Å². The van der Waals surface area contributed by atoms with Gasteiger partial charge in [0.2, 0.25) is 0 Å². The molecule has 0 aliphatic rings. The van der Waals surface area contributed by atoms with Crippen molar-refractivity contribution in [1.82, 2.24) is 14.8 Å². The standard InChI is InChI=1S/C10H5N5/c11-5-8-4-9(6-12)10(13-7-8)15-3-1-2-14-15/h1-4,7H. The molecule has 5 heteroatoms. The summed E-state index contributed by atoms with van der Waals surface area (Å²) < 4.78 is 1.49. The summed E-state index contributed by atoms with van der Waals surface area (Å²) in [4.78, 5) is 4.02. The van der Waals surface area contributed by atoms with Gasteiger partial charge < -0.3 is 0 Å². The molecule has 2 aromatic heterocycles. The summed E-state index contributed by atoms with van der Waals surface area (Å²) in [6.07, 6.45) is 4.70. The summed E-state index contributed by atoms with van der Waals surface area (Å²) in [7, 11) is 0. The molecule has 0 saturated heterocycles. The van der Waals surface area contributed by atoms with Gasteiger partial charge in [-0.25, -0.2) is 9.67 Å². The summed E-state index contributed by atoms with van der Waals surface area (Å²) in [5, 5.41) is 21.5. The fourth-order valence-corrected chi connectivity index (χ4v) is 1.18. The van der Waals surface area contributed by atoms with Gasteiger partial charge in [-0.05, 0) is 12.1 Å². The third-order valence-electron chi connectivity index (χ3n) is 1.84. The summed E-state index contributed by atoms with van der Waals surface area (Å²) in [6, 6.07) is 7.14. The number of pyridine rings is 1. The Morgan fingerprint density at radius 2 is 2.13 bits per heavy atom. The Kier molecular flexibility index (Phi) is 2.14. The maximum atomic E-state index is 8.90. The Morgan fingerprint density at radius 3 is 2.73 bits per heavy atom. The summed E-state index contributed by atoms with van der Waals surface area (Å²) in [5.41, 5.74) is 0.695. The lowest BCUT2D eigenvalue weighted by atomic mass is 10.2. The summed E-state index contributed by atoms with van der Waals surface area (Å²) >= 11 is 0. The van der Waals surface area contributed by atoms with Gasteiger partial charge in [0.15, 0.2) is 5.82 Å². The molecule has 0 fully saturated rings. The Morgan fingerprint density at radius 1 is 1.27 bits per heavy atom. The largest absolute Gasteiger partial charge is 0.235 e. The van der Waals surface area contributed by atoms with Crippen LogP contribution in [-0.2, 0) is 0 Å². The van der Waals surface area contributed by atoms with E-state index < -0.39 is 0 Å². The molecule has 0 radical (unpaired) electrons. The van der Waals surface area contributed by atoms with Gasteiger partial charge >= 0.3 is 0 Å². The highest BCUT2D eigenvalue weighted by Gasteiger charge is 2.06.